The number of para-hydroxylation sites is 1. The Bertz CT molecular complexity index is 933. The van der Waals surface area contributed by atoms with E-state index in [1.807, 2.05) is 44.2 Å². The molecule has 2 atom stereocenters. The number of aromatic nitrogens is 4. The second-order valence-corrected chi connectivity index (χ2v) is 6.65. The second kappa shape index (κ2) is 7.32. The number of fused-ring (bicyclic) bond motifs is 1. The van der Waals surface area contributed by atoms with Gasteiger partial charge in [-0.1, -0.05) is 18.2 Å². The molecule has 0 N–H and O–H groups in total. The summed E-state index contributed by atoms with van der Waals surface area (Å²) in [5, 5.41) is 5.05. The zero-order valence-electron chi connectivity index (χ0n) is 15.3. The number of rotatable bonds is 4. The number of amides is 1. The smallest absolute Gasteiger partial charge is 0.260 e. The van der Waals surface area contributed by atoms with Crippen LogP contribution in [0.4, 0.5) is 0 Å². The van der Waals surface area contributed by atoms with Crippen LogP contribution in [-0.4, -0.2) is 62.5 Å². The molecule has 140 valence electrons. The fourth-order valence-electron chi connectivity index (χ4n) is 3.30. The van der Waals surface area contributed by atoms with Gasteiger partial charge in [0.15, 0.2) is 12.3 Å². The summed E-state index contributed by atoms with van der Waals surface area (Å²) in [5.41, 5.74) is 1.52. The first-order valence-electron chi connectivity index (χ1n) is 8.92. The molecule has 4 rings (SSSR count). The third-order valence-corrected chi connectivity index (χ3v) is 4.43. The van der Waals surface area contributed by atoms with Crippen LogP contribution in [0, 0.1) is 0 Å². The molecule has 1 aliphatic heterocycles. The monoisotopic (exact) mass is 367 g/mol. The number of ether oxygens (including phenoxy) is 2. The molecule has 1 amide bonds. The van der Waals surface area contributed by atoms with Gasteiger partial charge in [-0.15, -0.1) is 0 Å². The summed E-state index contributed by atoms with van der Waals surface area (Å²) in [6.45, 7) is 4.98. The van der Waals surface area contributed by atoms with Gasteiger partial charge in [0.1, 0.15) is 11.7 Å². The number of benzene rings is 1. The van der Waals surface area contributed by atoms with Crippen LogP contribution in [0.25, 0.3) is 16.7 Å². The van der Waals surface area contributed by atoms with Crippen molar-refractivity contribution >= 4 is 16.9 Å². The highest BCUT2D eigenvalue weighted by molar-refractivity contribution is 5.82. The molecule has 1 aromatic carbocycles. The fourth-order valence-corrected chi connectivity index (χ4v) is 3.30. The Labute approximate surface area is 156 Å². The maximum atomic E-state index is 12.5. The minimum atomic E-state index is -0.0841. The lowest BCUT2D eigenvalue weighted by atomic mass is 10.2. The molecule has 0 saturated carbocycles. The molecule has 1 fully saturated rings. The molecular formula is C19H21N5O3. The number of carbonyl (C=O) groups is 1. The molecule has 0 spiro atoms. The van der Waals surface area contributed by atoms with Crippen molar-refractivity contribution in [3.8, 4) is 11.6 Å². The van der Waals surface area contributed by atoms with Gasteiger partial charge in [-0.05, 0) is 26.0 Å². The van der Waals surface area contributed by atoms with E-state index in [0.29, 0.717) is 30.0 Å². The van der Waals surface area contributed by atoms with Gasteiger partial charge < -0.3 is 14.4 Å². The summed E-state index contributed by atoms with van der Waals surface area (Å²) in [6.07, 6.45) is 3.11. The standard InChI is InChI=1S/C19H21N5O3/c1-13-9-23(10-14(2)27-13)17(25)11-26-19-16-8-22-24(18(16)20-12-21-19)15-6-4-3-5-7-15/h3-8,12-14H,9-11H2,1-2H3/t13-,14-/m0/s1. The van der Waals surface area contributed by atoms with Crippen molar-refractivity contribution in [2.24, 2.45) is 0 Å². The van der Waals surface area contributed by atoms with Gasteiger partial charge in [-0.25, -0.2) is 14.6 Å². The zero-order chi connectivity index (χ0) is 18.8. The van der Waals surface area contributed by atoms with Crippen LogP contribution in [0.15, 0.2) is 42.9 Å². The van der Waals surface area contributed by atoms with Crippen molar-refractivity contribution in [3.63, 3.8) is 0 Å². The van der Waals surface area contributed by atoms with Crippen molar-refractivity contribution in [2.45, 2.75) is 26.1 Å². The van der Waals surface area contributed by atoms with E-state index in [2.05, 4.69) is 15.1 Å². The van der Waals surface area contributed by atoms with Crippen LogP contribution in [0.3, 0.4) is 0 Å². The molecule has 8 heteroatoms. The van der Waals surface area contributed by atoms with Crippen LogP contribution < -0.4 is 4.74 Å². The second-order valence-electron chi connectivity index (χ2n) is 6.65. The number of carbonyl (C=O) groups excluding carboxylic acids is 1. The lowest BCUT2D eigenvalue weighted by Gasteiger charge is -2.35. The number of hydrogen-bond acceptors (Lipinski definition) is 6. The first-order chi connectivity index (χ1) is 13.1. The summed E-state index contributed by atoms with van der Waals surface area (Å²) in [5.74, 6) is 0.268. The molecule has 0 unspecified atom stereocenters. The van der Waals surface area contributed by atoms with E-state index in [9.17, 15) is 4.79 Å². The molecule has 1 aliphatic rings. The van der Waals surface area contributed by atoms with E-state index in [-0.39, 0.29) is 24.7 Å². The van der Waals surface area contributed by atoms with Gasteiger partial charge in [0, 0.05) is 13.1 Å². The third-order valence-electron chi connectivity index (χ3n) is 4.43. The predicted molar refractivity (Wildman–Crippen MR) is 98.7 cm³/mol. The first-order valence-corrected chi connectivity index (χ1v) is 8.92. The molecule has 0 bridgehead atoms. The van der Waals surface area contributed by atoms with E-state index >= 15 is 0 Å². The van der Waals surface area contributed by atoms with Gasteiger partial charge in [0.25, 0.3) is 5.91 Å². The van der Waals surface area contributed by atoms with Crippen LogP contribution in [0.5, 0.6) is 5.88 Å². The minimum Gasteiger partial charge on any atom is -0.467 e. The molecule has 3 aromatic rings. The average molecular weight is 367 g/mol. The summed E-state index contributed by atoms with van der Waals surface area (Å²) in [4.78, 5) is 22.8. The highest BCUT2D eigenvalue weighted by Crippen LogP contribution is 2.23. The van der Waals surface area contributed by atoms with Crippen LogP contribution in [-0.2, 0) is 9.53 Å². The summed E-state index contributed by atoms with van der Waals surface area (Å²) in [7, 11) is 0. The van der Waals surface area contributed by atoms with Gasteiger partial charge in [-0.2, -0.15) is 5.10 Å². The Balaban J connectivity index is 1.51. The van der Waals surface area contributed by atoms with Crippen LogP contribution in [0.1, 0.15) is 13.8 Å². The molecule has 2 aromatic heterocycles. The Morgan fingerprint density at radius 1 is 1.19 bits per heavy atom. The third kappa shape index (κ3) is 3.61. The number of nitrogens with zero attached hydrogens (tertiary/aromatic N) is 5. The summed E-state index contributed by atoms with van der Waals surface area (Å²) >= 11 is 0. The molecule has 0 radical (unpaired) electrons. The Morgan fingerprint density at radius 2 is 1.93 bits per heavy atom. The number of morpholine rings is 1. The molecule has 8 nitrogen and oxygen atoms in total. The summed E-state index contributed by atoms with van der Waals surface area (Å²) in [6, 6.07) is 9.70. The Hall–Kier alpha value is -3.00. The zero-order valence-corrected chi connectivity index (χ0v) is 15.3. The van der Waals surface area contributed by atoms with Gasteiger partial charge in [-0.3, -0.25) is 4.79 Å². The first kappa shape index (κ1) is 17.4. The minimum absolute atomic E-state index is 0.0209. The SMILES string of the molecule is C[C@H]1CN(C(=O)COc2ncnc3c2cnn3-c2ccccc2)C[C@H](C)O1. The average Bonchev–Trinajstić information content (AvgIpc) is 3.10. The van der Waals surface area contributed by atoms with E-state index in [1.54, 1.807) is 15.8 Å². The molecule has 3 heterocycles. The summed E-state index contributed by atoms with van der Waals surface area (Å²) < 4.78 is 13.1. The van der Waals surface area contributed by atoms with Crippen molar-refractivity contribution < 1.29 is 14.3 Å². The molecular weight excluding hydrogens is 346 g/mol. The Morgan fingerprint density at radius 3 is 2.67 bits per heavy atom. The van der Waals surface area contributed by atoms with E-state index < -0.39 is 0 Å². The quantitative estimate of drug-likeness (QED) is 0.700. The predicted octanol–water partition coefficient (Wildman–Crippen LogP) is 1.83. The molecule has 1 saturated heterocycles. The Kier molecular flexibility index (Phi) is 4.72. The van der Waals surface area contributed by atoms with E-state index in [4.69, 9.17) is 9.47 Å². The highest BCUT2D eigenvalue weighted by Gasteiger charge is 2.26. The topological polar surface area (TPSA) is 82.4 Å². The van der Waals surface area contributed by atoms with Crippen molar-refractivity contribution in [1.82, 2.24) is 24.6 Å². The van der Waals surface area contributed by atoms with Gasteiger partial charge >= 0.3 is 0 Å². The highest BCUT2D eigenvalue weighted by atomic mass is 16.5. The largest absolute Gasteiger partial charge is 0.467 e. The lowest BCUT2D eigenvalue weighted by Crippen LogP contribution is -2.49. The van der Waals surface area contributed by atoms with E-state index in [1.165, 1.54) is 6.33 Å². The van der Waals surface area contributed by atoms with Gasteiger partial charge in [0.2, 0.25) is 5.88 Å². The lowest BCUT2D eigenvalue weighted by molar-refractivity contribution is -0.145. The van der Waals surface area contributed by atoms with E-state index in [0.717, 1.165) is 5.69 Å². The normalized spacial score (nSPS) is 20.0. The number of hydrogen-bond donors (Lipinski definition) is 0. The van der Waals surface area contributed by atoms with Gasteiger partial charge in [0.05, 0.1) is 24.1 Å². The maximum absolute atomic E-state index is 12.5. The van der Waals surface area contributed by atoms with Crippen molar-refractivity contribution in [3.05, 3.63) is 42.9 Å². The fraction of sp³-hybridized carbons (Fsp3) is 0.368. The molecule has 0 aliphatic carbocycles. The van der Waals surface area contributed by atoms with Crippen LogP contribution in [0.2, 0.25) is 0 Å². The van der Waals surface area contributed by atoms with Crippen molar-refractivity contribution in [2.75, 3.05) is 19.7 Å². The maximum Gasteiger partial charge on any atom is 0.260 e. The molecule has 27 heavy (non-hydrogen) atoms. The van der Waals surface area contributed by atoms with Crippen LogP contribution >= 0.6 is 0 Å². The van der Waals surface area contributed by atoms with Crippen molar-refractivity contribution in [1.29, 1.82) is 0 Å².